The number of hydroxylamine groups is 2. The molecule has 0 aliphatic carbocycles. The summed E-state index contributed by atoms with van der Waals surface area (Å²) >= 11 is 0. The van der Waals surface area contributed by atoms with E-state index in [2.05, 4.69) is 0 Å². The van der Waals surface area contributed by atoms with Gasteiger partial charge in [0.1, 0.15) is 16.9 Å². The average molecular weight is 423 g/mol. The van der Waals surface area contributed by atoms with Gasteiger partial charge in [0.05, 0.1) is 18.3 Å². The summed E-state index contributed by atoms with van der Waals surface area (Å²) in [6, 6.07) is 11.8. The van der Waals surface area contributed by atoms with Crippen molar-refractivity contribution in [2.45, 2.75) is 11.3 Å². The van der Waals surface area contributed by atoms with Crippen LogP contribution in [0.25, 0.3) is 0 Å². The molecule has 4 rings (SSSR count). The number of sulfonamides is 1. The van der Waals surface area contributed by atoms with Crippen LogP contribution in [0.3, 0.4) is 0 Å². The highest BCUT2D eigenvalue weighted by Crippen LogP contribution is 2.35. The molecular weight excluding hydrogens is 400 g/mol. The molecular formula is C20H23F2N3O3S. The Balaban J connectivity index is 1.52. The minimum Gasteiger partial charge on any atom is -0.367 e. The molecule has 29 heavy (non-hydrogen) atoms. The number of benzene rings is 2. The van der Waals surface area contributed by atoms with Gasteiger partial charge in [0.2, 0.25) is 10.0 Å². The molecule has 0 radical (unpaired) electrons. The average Bonchev–Trinajstić information content (AvgIpc) is 3.11. The van der Waals surface area contributed by atoms with E-state index in [9.17, 15) is 17.2 Å². The van der Waals surface area contributed by atoms with Crippen molar-refractivity contribution in [3.8, 4) is 0 Å². The van der Waals surface area contributed by atoms with E-state index in [0.29, 0.717) is 24.3 Å². The topological polar surface area (TPSA) is 53.1 Å². The molecule has 6 nitrogen and oxygen atoms in total. The Bertz CT molecular complexity index is 980. The number of nitrogens with zero attached hydrogens (tertiary/aromatic N) is 3. The van der Waals surface area contributed by atoms with Crippen molar-refractivity contribution in [3.63, 3.8) is 0 Å². The summed E-state index contributed by atoms with van der Waals surface area (Å²) in [6.07, 6.45) is 0. The van der Waals surface area contributed by atoms with E-state index in [-0.39, 0.29) is 25.5 Å². The molecule has 0 spiro atoms. The maximum absolute atomic E-state index is 14.0. The van der Waals surface area contributed by atoms with Gasteiger partial charge >= 0.3 is 0 Å². The summed E-state index contributed by atoms with van der Waals surface area (Å²) in [7, 11) is -2.04. The Morgan fingerprint density at radius 3 is 2.41 bits per heavy atom. The lowest BCUT2D eigenvalue weighted by Gasteiger charge is -2.37. The molecule has 0 saturated carbocycles. The first-order valence-corrected chi connectivity index (χ1v) is 11.0. The number of halogens is 2. The second kappa shape index (κ2) is 7.98. The predicted octanol–water partition coefficient (Wildman–Crippen LogP) is 2.40. The molecule has 2 saturated heterocycles. The van der Waals surface area contributed by atoms with Crippen LogP contribution in [-0.2, 0) is 14.9 Å². The van der Waals surface area contributed by atoms with Crippen LogP contribution in [0.4, 0.5) is 14.5 Å². The lowest BCUT2D eigenvalue weighted by molar-refractivity contribution is -0.110. The van der Waals surface area contributed by atoms with Crippen molar-refractivity contribution >= 4 is 15.7 Å². The van der Waals surface area contributed by atoms with Crippen LogP contribution in [0.5, 0.6) is 0 Å². The second-order valence-corrected chi connectivity index (χ2v) is 9.41. The van der Waals surface area contributed by atoms with Crippen LogP contribution in [0.15, 0.2) is 48.5 Å². The van der Waals surface area contributed by atoms with E-state index in [1.165, 1.54) is 27.6 Å². The second-order valence-electron chi connectivity index (χ2n) is 7.26. The molecule has 2 heterocycles. The minimum absolute atomic E-state index is 0.00748. The molecule has 2 aliphatic rings. The van der Waals surface area contributed by atoms with Crippen LogP contribution in [-0.4, -0.2) is 62.9 Å². The van der Waals surface area contributed by atoms with Crippen molar-refractivity contribution in [1.82, 2.24) is 9.37 Å². The monoisotopic (exact) mass is 423 g/mol. The van der Waals surface area contributed by atoms with Crippen LogP contribution < -0.4 is 4.90 Å². The van der Waals surface area contributed by atoms with Crippen molar-refractivity contribution in [3.05, 3.63) is 65.7 Å². The van der Waals surface area contributed by atoms with Gasteiger partial charge in [-0.3, -0.25) is 4.84 Å². The molecule has 2 aromatic rings. The fraction of sp³-hybridized carbons (Fsp3) is 0.400. The highest BCUT2D eigenvalue weighted by molar-refractivity contribution is 7.89. The maximum Gasteiger partial charge on any atom is 0.221 e. The smallest absolute Gasteiger partial charge is 0.221 e. The third-order valence-electron chi connectivity index (χ3n) is 5.55. The van der Waals surface area contributed by atoms with Crippen molar-refractivity contribution in [2.75, 3.05) is 44.7 Å². The quantitative estimate of drug-likeness (QED) is 0.756. The zero-order valence-corrected chi connectivity index (χ0v) is 16.9. The molecule has 0 unspecified atom stereocenters. The lowest BCUT2D eigenvalue weighted by atomic mass is 10.0. The van der Waals surface area contributed by atoms with Gasteiger partial charge in [-0.05, 0) is 29.8 Å². The summed E-state index contributed by atoms with van der Waals surface area (Å²) in [5.41, 5.74) is 1.04. The van der Waals surface area contributed by atoms with E-state index in [1.54, 1.807) is 37.4 Å². The highest BCUT2D eigenvalue weighted by Gasteiger charge is 2.46. The van der Waals surface area contributed by atoms with Crippen LogP contribution in [0.1, 0.15) is 11.6 Å². The van der Waals surface area contributed by atoms with Crippen LogP contribution >= 0.6 is 0 Å². The van der Waals surface area contributed by atoms with Gasteiger partial charge in [-0.1, -0.05) is 24.3 Å². The first kappa shape index (κ1) is 20.2. The summed E-state index contributed by atoms with van der Waals surface area (Å²) in [4.78, 5) is 7.35. The highest BCUT2D eigenvalue weighted by atomic mass is 32.2. The molecule has 0 N–H and O–H groups in total. The van der Waals surface area contributed by atoms with Gasteiger partial charge in [-0.25, -0.2) is 17.2 Å². The first-order valence-electron chi connectivity index (χ1n) is 9.47. The molecule has 156 valence electrons. The lowest BCUT2D eigenvalue weighted by Crippen LogP contribution is -2.52. The fourth-order valence-electron chi connectivity index (χ4n) is 4.04. The van der Waals surface area contributed by atoms with E-state index in [1.807, 2.05) is 4.90 Å². The van der Waals surface area contributed by atoms with Gasteiger partial charge in [-0.2, -0.15) is 9.37 Å². The van der Waals surface area contributed by atoms with Crippen molar-refractivity contribution < 1.29 is 22.0 Å². The molecule has 0 amide bonds. The Kier molecular flexibility index (Phi) is 5.56. The number of rotatable bonds is 4. The fourth-order valence-corrected chi connectivity index (χ4v) is 5.99. The predicted molar refractivity (Wildman–Crippen MR) is 106 cm³/mol. The van der Waals surface area contributed by atoms with Crippen LogP contribution in [0, 0.1) is 11.6 Å². The van der Waals surface area contributed by atoms with E-state index < -0.39 is 27.1 Å². The molecule has 2 aliphatic heterocycles. The van der Waals surface area contributed by atoms with Crippen molar-refractivity contribution in [1.29, 1.82) is 0 Å². The van der Waals surface area contributed by atoms with E-state index >= 15 is 0 Å². The number of para-hydroxylation sites is 1. The zero-order valence-electron chi connectivity index (χ0n) is 16.0. The summed E-state index contributed by atoms with van der Waals surface area (Å²) in [6.45, 7) is 1.31. The molecule has 2 fully saturated rings. The molecule has 0 aromatic heterocycles. The van der Waals surface area contributed by atoms with Gasteiger partial charge in [0.15, 0.2) is 0 Å². The third kappa shape index (κ3) is 3.87. The van der Waals surface area contributed by atoms with Gasteiger partial charge in [0, 0.05) is 33.2 Å². The summed E-state index contributed by atoms with van der Waals surface area (Å²) in [5.74, 6) is -0.738. The number of piperazine rings is 1. The third-order valence-corrected chi connectivity index (χ3v) is 7.79. The summed E-state index contributed by atoms with van der Waals surface area (Å²) in [5, 5.41) is 0.640. The van der Waals surface area contributed by atoms with E-state index in [4.69, 9.17) is 4.84 Å². The van der Waals surface area contributed by atoms with Gasteiger partial charge in [0.25, 0.3) is 0 Å². The maximum atomic E-state index is 14.0. The van der Waals surface area contributed by atoms with E-state index in [0.717, 1.165) is 0 Å². The Morgan fingerprint density at radius 1 is 1.00 bits per heavy atom. The Hall–Kier alpha value is -2.07. The SMILES string of the molecule is CN1OC[C@@H](S(=O)(=O)N2CCN(c3ccccc3F)CC2)[C@H]1c1cccc(F)c1. The van der Waals surface area contributed by atoms with Gasteiger partial charge in [-0.15, -0.1) is 0 Å². The van der Waals surface area contributed by atoms with Gasteiger partial charge < -0.3 is 4.90 Å². The van der Waals surface area contributed by atoms with Crippen molar-refractivity contribution in [2.24, 2.45) is 0 Å². The number of hydrogen-bond donors (Lipinski definition) is 0. The molecule has 2 aromatic carbocycles. The van der Waals surface area contributed by atoms with Crippen LogP contribution in [0.2, 0.25) is 0 Å². The standard InChI is InChI=1S/C20H23F2N3O3S/c1-23-20(15-5-4-6-16(21)13-15)19(14-28-23)29(26,27)25-11-9-24(10-12-25)18-8-3-2-7-17(18)22/h2-8,13,19-20H,9-12,14H2,1H3/t19-,20-/m1/s1. The number of anilines is 1. The molecule has 0 bridgehead atoms. The minimum atomic E-state index is -3.70. The normalized spacial score (nSPS) is 24.2. The summed E-state index contributed by atoms with van der Waals surface area (Å²) < 4.78 is 55.9. The Morgan fingerprint density at radius 2 is 1.72 bits per heavy atom. The first-order chi connectivity index (χ1) is 13.9. The zero-order chi connectivity index (χ0) is 20.6. The molecule has 2 atom stereocenters. The molecule has 9 heteroatoms. The number of hydrogen-bond acceptors (Lipinski definition) is 5. The Labute approximate surface area is 169 Å². The largest absolute Gasteiger partial charge is 0.367 e.